The number of hydrogen-bond donors (Lipinski definition) is 0. The Labute approximate surface area is 393 Å². The van der Waals surface area contributed by atoms with Crippen LogP contribution in [0.25, 0.3) is 99.8 Å². The van der Waals surface area contributed by atoms with Crippen molar-refractivity contribution in [1.29, 1.82) is 0 Å². The Hall–Kier alpha value is -9.00. The Morgan fingerprint density at radius 3 is 1.75 bits per heavy atom. The molecule has 4 aromatic heterocycles. The average Bonchev–Trinajstić information content (AvgIpc) is 4.07. The number of hydrogen-bond acceptors (Lipinski definition) is 2. The second-order valence-corrected chi connectivity index (χ2v) is 17.2. The first kappa shape index (κ1) is 39.4. The monoisotopic (exact) mass is 873 g/mol. The van der Waals surface area contributed by atoms with E-state index in [0.29, 0.717) is 11.5 Å². The van der Waals surface area contributed by atoms with E-state index in [-0.39, 0.29) is 0 Å². The van der Waals surface area contributed by atoms with E-state index in [1.54, 1.807) is 0 Å². The molecule has 6 heteroatoms. The van der Waals surface area contributed by atoms with Crippen LogP contribution in [-0.4, -0.2) is 18.7 Å². The smallest absolute Gasteiger partial charge is 0.269 e. The summed E-state index contributed by atoms with van der Waals surface area (Å²) in [6, 6.07) is 79.4. The summed E-state index contributed by atoms with van der Waals surface area (Å²) in [6.45, 7) is 2.19. The maximum atomic E-state index is 7.12. The van der Waals surface area contributed by atoms with Gasteiger partial charge in [0.05, 0.1) is 50.2 Å². The van der Waals surface area contributed by atoms with Crippen molar-refractivity contribution in [2.75, 3.05) is 0 Å². The minimum atomic E-state index is 0.705. The summed E-state index contributed by atoms with van der Waals surface area (Å²) in [6.07, 6.45) is 6.66. The average molecular weight is 874 g/mol. The van der Waals surface area contributed by atoms with E-state index in [2.05, 4.69) is 250 Å². The molecule has 13 rings (SSSR count). The van der Waals surface area contributed by atoms with E-state index in [0.717, 1.165) is 95.4 Å². The van der Waals surface area contributed by atoms with Gasteiger partial charge in [0.15, 0.2) is 0 Å². The Balaban J connectivity index is 1.01. The van der Waals surface area contributed by atoms with Gasteiger partial charge in [0, 0.05) is 39.9 Å². The van der Waals surface area contributed by atoms with Gasteiger partial charge in [-0.05, 0) is 82.8 Å². The van der Waals surface area contributed by atoms with E-state index >= 15 is 0 Å². The van der Waals surface area contributed by atoms with Crippen LogP contribution in [0.5, 0.6) is 11.5 Å². The summed E-state index contributed by atoms with van der Waals surface area (Å²) in [5, 5.41) is 4.67. The number of rotatable bonds is 9. The van der Waals surface area contributed by atoms with Crippen LogP contribution in [0.15, 0.2) is 231 Å². The molecule has 322 valence electrons. The van der Waals surface area contributed by atoms with Gasteiger partial charge >= 0.3 is 0 Å². The summed E-state index contributed by atoms with van der Waals surface area (Å²) in [5.41, 5.74) is 15.2. The highest BCUT2D eigenvalue weighted by molar-refractivity contribution is 6.16. The SMILES string of the molecule is CCc1ccnc(-n2c3ccccc3c3c(-n4c5ccccc5c5ccccc54)cc(Oc4cccc(-n5[c-][n+](-c6c(-c7ccccc7)cccc6-c6ccccc6)c6ccccc65)c4)cc32)c1. The summed E-state index contributed by atoms with van der Waals surface area (Å²) in [7, 11) is 0. The van der Waals surface area contributed by atoms with Gasteiger partial charge in [-0.1, -0.05) is 171 Å². The normalized spacial score (nSPS) is 11.7. The molecule has 0 N–H and O–H groups in total. The lowest BCUT2D eigenvalue weighted by Gasteiger charge is -2.17. The highest BCUT2D eigenvalue weighted by Crippen LogP contribution is 2.43. The minimum absolute atomic E-state index is 0.705. The zero-order valence-corrected chi connectivity index (χ0v) is 37.3. The van der Waals surface area contributed by atoms with Crippen LogP contribution in [-0.2, 0) is 6.42 Å². The number of imidazole rings is 1. The zero-order valence-electron chi connectivity index (χ0n) is 37.3. The van der Waals surface area contributed by atoms with Crippen molar-refractivity contribution in [2.45, 2.75) is 13.3 Å². The van der Waals surface area contributed by atoms with Gasteiger partial charge in [0.1, 0.15) is 17.3 Å². The molecule has 0 radical (unpaired) electrons. The van der Waals surface area contributed by atoms with E-state index in [4.69, 9.17) is 9.72 Å². The summed E-state index contributed by atoms with van der Waals surface area (Å²) >= 11 is 0. The van der Waals surface area contributed by atoms with Crippen molar-refractivity contribution in [2.24, 2.45) is 0 Å². The van der Waals surface area contributed by atoms with Crippen molar-refractivity contribution >= 4 is 54.6 Å². The van der Waals surface area contributed by atoms with Gasteiger partial charge in [-0.3, -0.25) is 13.7 Å². The van der Waals surface area contributed by atoms with Crippen molar-refractivity contribution in [1.82, 2.24) is 18.7 Å². The van der Waals surface area contributed by atoms with Crippen LogP contribution in [0.1, 0.15) is 12.5 Å². The molecule has 9 aromatic carbocycles. The molecule has 13 aromatic rings. The molecule has 68 heavy (non-hydrogen) atoms. The summed E-state index contributed by atoms with van der Waals surface area (Å²) < 4.78 is 16.2. The number of aryl methyl sites for hydroxylation is 1. The quantitative estimate of drug-likeness (QED) is 0.107. The Bertz CT molecular complexity index is 3940. The molecule has 0 aliphatic heterocycles. The summed E-state index contributed by atoms with van der Waals surface area (Å²) in [4.78, 5) is 4.98. The third-order valence-electron chi connectivity index (χ3n) is 13.3. The molecule has 0 bridgehead atoms. The van der Waals surface area contributed by atoms with E-state index in [1.807, 2.05) is 12.3 Å². The number of benzene rings is 9. The molecule has 0 atom stereocenters. The van der Waals surface area contributed by atoms with Crippen molar-refractivity contribution < 1.29 is 9.30 Å². The molecule has 0 spiro atoms. The number of nitrogens with zero attached hydrogens (tertiary/aromatic N) is 5. The number of aromatic nitrogens is 5. The molecule has 0 saturated heterocycles. The standard InChI is InChI=1S/C62H43N5O/c1-2-42-35-36-63-60(37-42)67-55-32-14-11-27-52(55)61-58(66-53-30-12-9-25-50(53)51-26-10-13-31-54(51)66)39-47(40-59(61)67)68-46-24-17-23-45(38-46)64-41-65(57-34-16-15-33-56(57)64)62-48(43-19-5-3-6-20-43)28-18-29-49(62)44-21-7-4-8-22-44/h3-40H,2H2,1H3. The van der Waals surface area contributed by atoms with E-state index in [1.165, 1.54) is 16.3 Å². The lowest BCUT2D eigenvalue weighted by Crippen LogP contribution is -2.31. The fraction of sp³-hybridized carbons (Fsp3) is 0.0323. The molecule has 0 amide bonds. The molecule has 0 saturated carbocycles. The molecule has 0 aliphatic carbocycles. The topological polar surface area (TPSA) is 40.8 Å². The Morgan fingerprint density at radius 2 is 1.07 bits per heavy atom. The minimum Gasteiger partial charge on any atom is -0.458 e. The first-order chi connectivity index (χ1) is 33.7. The largest absolute Gasteiger partial charge is 0.458 e. The number of fused-ring (bicyclic) bond motifs is 7. The van der Waals surface area contributed by atoms with Crippen LogP contribution < -0.4 is 9.30 Å². The molecule has 0 aliphatic rings. The Morgan fingerprint density at radius 1 is 0.485 bits per heavy atom. The van der Waals surface area contributed by atoms with Crippen LogP contribution in [0.2, 0.25) is 0 Å². The summed E-state index contributed by atoms with van der Waals surface area (Å²) in [5.74, 6) is 2.29. The van der Waals surface area contributed by atoms with Gasteiger partial charge in [-0.2, -0.15) is 0 Å². The molecular formula is C62H43N5O. The predicted molar refractivity (Wildman–Crippen MR) is 277 cm³/mol. The lowest BCUT2D eigenvalue weighted by atomic mass is 9.95. The highest BCUT2D eigenvalue weighted by atomic mass is 16.5. The predicted octanol–water partition coefficient (Wildman–Crippen LogP) is 15.0. The molecule has 6 nitrogen and oxygen atoms in total. The van der Waals surface area contributed by atoms with E-state index in [9.17, 15) is 0 Å². The number of pyridine rings is 1. The maximum Gasteiger partial charge on any atom is 0.269 e. The zero-order chi connectivity index (χ0) is 45.1. The van der Waals surface area contributed by atoms with Crippen molar-refractivity contribution in [3.05, 3.63) is 243 Å². The third kappa shape index (κ3) is 6.41. The Kier molecular flexibility index (Phi) is 9.35. The fourth-order valence-electron chi connectivity index (χ4n) is 10.2. The highest BCUT2D eigenvalue weighted by Gasteiger charge is 2.23. The maximum absolute atomic E-state index is 7.12. The van der Waals surface area contributed by atoms with Gasteiger partial charge < -0.3 is 9.30 Å². The fourth-order valence-corrected chi connectivity index (χ4v) is 10.2. The van der Waals surface area contributed by atoms with Crippen molar-refractivity contribution in [3.8, 4) is 56.6 Å². The van der Waals surface area contributed by atoms with Crippen molar-refractivity contribution in [3.63, 3.8) is 0 Å². The van der Waals surface area contributed by atoms with E-state index < -0.39 is 0 Å². The molecule has 0 unspecified atom stereocenters. The molecule has 4 heterocycles. The van der Waals surface area contributed by atoms with Crippen LogP contribution in [0.4, 0.5) is 0 Å². The number of para-hydroxylation sites is 6. The molecule has 0 fully saturated rings. The molecular weight excluding hydrogens is 831 g/mol. The third-order valence-corrected chi connectivity index (χ3v) is 13.3. The van der Waals surface area contributed by atoms with Gasteiger partial charge in [0.2, 0.25) is 0 Å². The number of ether oxygens (including phenoxy) is 1. The van der Waals surface area contributed by atoms with Crippen LogP contribution >= 0.6 is 0 Å². The first-order valence-electron chi connectivity index (χ1n) is 23.2. The van der Waals surface area contributed by atoms with Crippen LogP contribution in [0, 0.1) is 6.33 Å². The second-order valence-electron chi connectivity index (χ2n) is 17.2. The van der Waals surface area contributed by atoms with Gasteiger partial charge in [0.25, 0.3) is 6.33 Å². The van der Waals surface area contributed by atoms with Crippen LogP contribution in [0.3, 0.4) is 0 Å². The van der Waals surface area contributed by atoms with Gasteiger partial charge in [-0.25, -0.2) is 4.98 Å². The second kappa shape index (κ2) is 16.2. The van der Waals surface area contributed by atoms with Gasteiger partial charge in [-0.15, -0.1) is 0 Å². The first-order valence-corrected chi connectivity index (χ1v) is 23.2. The lowest BCUT2D eigenvalue weighted by molar-refractivity contribution is -0.571.